The summed E-state index contributed by atoms with van der Waals surface area (Å²) in [5.74, 6) is 0.817. The van der Waals surface area contributed by atoms with Gasteiger partial charge in [-0.3, -0.25) is 0 Å². The highest BCUT2D eigenvalue weighted by Gasteiger charge is 2.22. The summed E-state index contributed by atoms with van der Waals surface area (Å²) < 4.78 is 6.35. The number of aromatic nitrogens is 3. The third-order valence-corrected chi connectivity index (χ3v) is 3.90. The van der Waals surface area contributed by atoms with Crippen molar-refractivity contribution in [3.8, 4) is 11.5 Å². The molecule has 0 bridgehead atoms. The predicted octanol–water partition coefficient (Wildman–Crippen LogP) is 1.44. The van der Waals surface area contributed by atoms with Crippen molar-refractivity contribution in [3.63, 3.8) is 0 Å². The quantitative estimate of drug-likeness (QED) is 0.853. The van der Waals surface area contributed by atoms with Crippen LogP contribution in [-0.4, -0.2) is 39.5 Å². The van der Waals surface area contributed by atoms with Crippen LogP contribution in [0.4, 0.5) is 11.8 Å². The fraction of sp³-hybridized carbons (Fsp3) is 0.417. The van der Waals surface area contributed by atoms with Crippen molar-refractivity contribution in [3.05, 3.63) is 16.7 Å². The van der Waals surface area contributed by atoms with Crippen molar-refractivity contribution < 1.29 is 9.52 Å². The van der Waals surface area contributed by atoms with Gasteiger partial charge in [0, 0.05) is 19.3 Å². The van der Waals surface area contributed by atoms with Crippen molar-refractivity contribution in [1.29, 1.82) is 0 Å². The van der Waals surface area contributed by atoms with E-state index in [-0.39, 0.29) is 6.10 Å². The number of pyridine rings is 1. The molecule has 3 N–H and O–H groups in total. The van der Waals surface area contributed by atoms with Gasteiger partial charge in [0.2, 0.25) is 0 Å². The van der Waals surface area contributed by atoms with E-state index < -0.39 is 0 Å². The summed E-state index contributed by atoms with van der Waals surface area (Å²) in [5.41, 5.74) is 6.36. The molecule has 20 heavy (non-hydrogen) atoms. The number of hydrogen-bond acceptors (Lipinski definition) is 7. The van der Waals surface area contributed by atoms with Gasteiger partial charge in [-0.05, 0) is 34.8 Å². The predicted molar refractivity (Wildman–Crippen MR) is 77.1 cm³/mol. The molecule has 3 rings (SSSR count). The Kier molecular flexibility index (Phi) is 3.58. The average molecular weight is 340 g/mol. The van der Waals surface area contributed by atoms with E-state index >= 15 is 0 Å². The van der Waals surface area contributed by atoms with Gasteiger partial charge >= 0.3 is 6.01 Å². The van der Waals surface area contributed by atoms with Crippen LogP contribution in [0.2, 0.25) is 0 Å². The van der Waals surface area contributed by atoms with Crippen LogP contribution in [0.5, 0.6) is 0 Å². The van der Waals surface area contributed by atoms with Gasteiger partial charge < -0.3 is 20.2 Å². The molecule has 106 valence electrons. The molecule has 0 atom stereocenters. The lowest BCUT2D eigenvalue weighted by molar-refractivity contribution is 0.144. The maximum Gasteiger partial charge on any atom is 0.318 e. The molecule has 0 aromatic carbocycles. The number of rotatable bonds is 2. The third kappa shape index (κ3) is 2.61. The summed E-state index contributed by atoms with van der Waals surface area (Å²) in [5, 5.41) is 17.6. The highest BCUT2D eigenvalue weighted by molar-refractivity contribution is 9.10. The summed E-state index contributed by atoms with van der Waals surface area (Å²) in [4.78, 5) is 6.02. The molecule has 0 amide bonds. The molecule has 2 aromatic heterocycles. The lowest BCUT2D eigenvalue weighted by Crippen LogP contribution is -2.35. The van der Waals surface area contributed by atoms with E-state index in [1.54, 1.807) is 12.3 Å². The second kappa shape index (κ2) is 5.37. The van der Waals surface area contributed by atoms with Crippen molar-refractivity contribution in [2.45, 2.75) is 18.9 Å². The highest BCUT2D eigenvalue weighted by Crippen LogP contribution is 2.27. The summed E-state index contributed by atoms with van der Waals surface area (Å²) >= 11 is 3.32. The topological polar surface area (TPSA) is 101 Å². The molecular weight excluding hydrogens is 326 g/mol. The maximum absolute atomic E-state index is 9.49. The Hall–Kier alpha value is -1.67. The zero-order valence-corrected chi connectivity index (χ0v) is 12.2. The Labute approximate surface area is 123 Å². The molecule has 0 saturated carbocycles. The number of anilines is 2. The number of aliphatic hydroxyl groups is 1. The first kappa shape index (κ1) is 13.3. The van der Waals surface area contributed by atoms with Gasteiger partial charge in [-0.25, -0.2) is 4.98 Å². The van der Waals surface area contributed by atoms with Crippen molar-refractivity contribution >= 4 is 27.8 Å². The number of halogens is 1. The van der Waals surface area contributed by atoms with Gasteiger partial charge in [0.05, 0.1) is 16.1 Å². The Morgan fingerprint density at radius 2 is 2.10 bits per heavy atom. The molecule has 8 heteroatoms. The minimum atomic E-state index is -0.231. The number of aliphatic hydroxyl groups excluding tert-OH is 1. The summed E-state index contributed by atoms with van der Waals surface area (Å²) in [6, 6.07) is 2.26. The molecule has 0 unspecified atom stereocenters. The molecule has 2 aromatic rings. The lowest BCUT2D eigenvalue weighted by Gasteiger charge is -2.27. The van der Waals surface area contributed by atoms with Gasteiger partial charge in [0.1, 0.15) is 5.82 Å². The number of nitrogen functional groups attached to an aromatic ring is 1. The normalized spacial score (nSPS) is 16.6. The Morgan fingerprint density at radius 1 is 1.35 bits per heavy atom. The molecule has 1 saturated heterocycles. The molecule has 1 fully saturated rings. The molecule has 0 radical (unpaired) electrons. The first-order chi connectivity index (χ1) is 9.63. The van der Waals surface area contributed by atoms with E-state index in [2.05, 4.69) is 31.1 Å². The van der Waals surface area contributed by atoms with Crippen LogP contribution in [0, 0.1) is 0 Å². The largest absolute Gasteiger partial charge is 0.403 e. The van der Waals surface area contributed by atoms with Crippen LogP contribution in [0.15, 0.2) is 21.2 Å². The molecule has 3 heterocycles. The van der Waals surface area contributed by atoms with E-state index in [0.29, 0.717) is 53.7 Å². The molecule has 7 nitrogen and oxygen atoms in total. The maximum atomic E-state index is 9.49. The van der Waals surface area contributed by atoms with Gasteiger partial charge in [0.25, 0.3) is 5.89 Å². The molecule has 0 spiro atoms. The van der Waals surface area contributed by atoms with Crippen LogP contribution in [0.3, 0.4) is 0 Å². The average Bonchev–Trinajstić information content (AvgIpc) is 2.92. The van der Waals surface area contributed by atoms with E-state index in [0.717, 1.165) is 0 Å². The zero-order valence-electron chi connectivity index (χ0n) is 10.7. The van der Waals surface area contributed by atoms with Crippen LogP contribution >= 0.6 is 15.9 Å². The first-order valence-electron chi connectivity index (χ1n) is 6.31. The zero-order chi connectivity index (χ0) is 14.1. The third-order valence-electron chi connectivity index (χ3n) is 3.27. The SMILES string of the molecule is Nc1ncc(-c2nnc(N3CCC(O)CC3)o2)cc1Br. The second-order valence-electron chi connectivity index (χ2n) is 4.70. The highest BCUT2D eigenvalue weighted by atomic mass is 79.9. The van der Waals surface area contributed by atoms with Gasteiger partial charge in [-0.2, -0.15) is 0 Å². The van der Waals surface area contributed by atoms with Crippen LogP contribution in [0.1, 0.15) is 12.8 Å². The number of nitrogens with two attached hydrogens (primary N) is 1. The molecule has 0 aliphatic carbocycles. The van der Waals surface area contributed by atoms with E-state index in [1.165, 1.54) is 0 Å². The smallest absolute Gasteiger partial charge is 0.318 e. The summed E-state index contributed by atoms with van der Waals surface area (Å²) in [6.45, 7) is 1.43. The monoisotopic (exact) mass is 339 g/mol. The molecular formula is C12H14BrN5O2. The minimum Gasteiger partial charge on any atom is -0.403 e. The van der Waals surface area contributed by atoms with Crippen molar-refractivity contribution in [2.24, 2.45) is 0 Å². The second-order valence-corrected chi connectivity index (χ2v) is 5.55. The van der Waals surface area contributed by atoms with Crippen molar-refractivity contribution in [2.75, 3.05) is 23.7 Å². The fourth-order valence-electron chi connectivity index (χ4n) is 2.08. The van der Waals surface area contributed by atoms with Gasteiger partial charge in [-0.1, -0.05) is 5.10 Å². The molecule has 1 aliphatic rings. The lowest BCUT2D eigenvalue weighted by atomic mass is 10.1. The Bertz CT molecular complexity index is 610. The molecule has 1 aliphatic heterocycles. The summed E-state index contributed by atoms with van der Waals surface area (Å²) in [6.07, 6.45) is 2.79. The standard InChI is InChI=1S/C12H14BrN5O2/c13-9-5-7(6-15-10(9)14)11-16-17-12(20-11)18-3-1-8(19)2-4-18/h5-6,8,19H,1-4H2,(H2,14,15). The van der Waals surface area contributed by atoms with Crippen LogP contribution < -0.4 is 10.6 Å². The Morgan fingerprint density at radius 3 is 2.80 bits per heavy atom. The fourth-order valence-corrected chi connectivity index (χ4v) is 2.43. The van der Waals surface area contributed by atoms with Crippen LogP contribution in [-0.2, 0) is 0 Å². The number of piperidine rings is 1. The van der Waals surface area contributed by atoms with Crippen molar-refractivity contribution in [1.82, 2.24) is 15.2 Å². The van der Waals surface area contributed by atoms with Crippen LogP contribution in [0.25, 0.3) is 11.5 Å². The summed E-state index contributed by atoms with van der Waals surface area (Å²) in [7, 11) is 0. The van der Waals surface area contributed by atoms with E-state index in [1.807, 2.05) is 4.90 Å². The van der Waals surface area contributed by atoms with E-state index in [4.69, 9.17) is 10.2 Å². The first-order valence-corrected chi connectivity index (χ1v) is 7.10. The number of nitrogens with zero attached hydrogens (tertiary/aromatic N) is 4. The Balaban J connectivity index is 1.81. The minimum absolute atomic E-state index is 0.231. The number of hydrogen-bond donors (Lipinski definition) is 2. The van der Waals surface area contributed by atoms with Gasteiger partial charge in [0.15, 0.2) is 0 Å². The van der Waals surface area contributed by atoms with Gasteiger partial charge in [-0.15, -0.1) is 5.10 Å². The van der Waals surface area contributed by atoms with E-state index in [9.17, 15) is 5.11 Å².